The third-order valence-corrected chi connectivity index (χ3v) is 2.10. The van der Waals surface area contributed by atoms with Gasteiger partial charge >= 0.3 is 0 Å². The van der Waals surface area contributed by atoms with Gasteiger partial charge in [-0.05, 0) is 0 Å². The molecular weight excluding hydrogens is 204 g/mol. The number of hydrogen-bond donors (Lipinski definition) is 1. The molecule has 1 aromatic heterocycles. The van der Waals surface area contributed by atoms with Crippen LogP contribution in [0.5, 0.6) is 0 Å². The lowest BCUT2D eigenvalue weighted by molar-refractivity contribution is 0.547. The van der Waals surface area contributed by atoms with Crippen LogP contribution in [0.1, 0.15) is 0 Å². The summed E-state index contributed by atoms with van der Waals surface area (Å²) in [5.74, 6) is 2.47. The molecule has 0 spiro atoms. The number of nitrogens with one attached hydrogen (secondary N) is 1. The van der Waals surface area contributed by atoms with Gasteiger partial charge in [-0.2, -0.15) is 5.10 Å². The van der Waals surface area contributed by atoms with Crippen molar-refractivity contribution in [1.29, 1.82) is 0 Å². The summed E-state index contributed by atoms with van der Waals surface area (Å²) in [5, 5.41) is 7.07. The van der Waals surface area contributed by atoms with Crippen molar-refractivity contribution in [3.63, 3.8) is 0 Å². The summed E-state index contributed by atoms with van der Waals surface area (Å²) in [5.41, 5.74) is 0.701. The predicted octanol–water partition coefficient (Wildman–Crippen LogP) is -0.468. The third-order valence-electron chi connectivity index (χ3n) is 2.10. The maximum atomic E-state index is 11.6. The Morgan fingerprint density at radius 2 is 2.38 bits per heavy atom. The van der Waals surface area contributed by atoms with Gasteiger partial charge in [0.2, 0.25) is 0 Å². The number of rotatable bonds is 5. The molecule has 5 nitrogen and oxygen atoms in total. The molecule has 86 valence electrons. The lowest BCUT2D eigenvalue weighted by Crippen LogP contribution is -2.29. The first-order valence-electron chi connectivity index (χ1n) is 5.04. The normalized spacial score (nSPS) is 9.81. The van der Waals surface area contributed by atoms with E-state index in [0.717, 1.165) is 5.69 Å². The molecule has 16 heavy (non-hydrogen) atoms. The van der Waals surface area contributed by atoms with Gasteiger partial charge in [-0.25, -0.2) is 4.68 Å². The molecule has 0 bridgehead atoms. The summed E-state index contributed by atoms with van der Waals surface area (Å²) < 4.78 is 1.41. The summed E-state index contributed by atoms with van der Waals surface area (Å²) in [7, 11) is 3.74. The minimum Gasteiger partial charge on any atom is -0.376 e. The molecule has 0 atom stereocenters. The quantitative estimate of drug-likeness (QED) is 0.538. The second-order valence-corrected chi connectivity index (χ2v) is 3.55. The fourth-order valence-electron chi connectivity index (χ4n) is 1.18. The SMILES string of the molecule is C#CCNCCn1ncc(N(C)C)cc1=O. The molecule has 0 aliphatic rings. The highest BCUT2D eigenvalue weighted by molar-refractivity contribution is 5.40. The van der Waals surface area contributed by atoms with E-state index < -0.39 is 0 Å². The summed E-state index contributed by atoms with van der Waals surface area (Å²) in [6.07, 6.45) is 6.76. The van der Waals surface area contributed by atoms with Crippen LogP contribution in [-0.2, 0) is 6.54 Å². The van der Waals surface area contributed by atoms with Gasteiger partial charge in [0.25, 0.3) is 5.56 Å². The van der Waals surface area contributed by atoms with Crippen LogP contribution in [0, 0.1) is 12.3 Å². The largest absolute Gasteiger partial charge is 0.376 e. The molecule has 0 saturated heterocycles. The first-order valence-corrected chi connectivity index (χ1v) is 5.04. The highest BCUT2D eigenvalue weighted by Gasteiger charge is 2.00. The average Bonchev–Trinajstić information content (AvgIpc) is 2.26. The molecule has 0 radical (unpaired) electrons. The van der Waals surface area contributed by atoms with Gasteiger partial charge in [-0.3, -0.25) is 4.79 Å². The number of terminal acetylenes is 1. The second kappa shape index (κ2) is 5.93. The molecule has 0 amide bonds. The zero-order valence-electron chi connectivity index (χ0n) is 9.60. The zero-order valence-corrected chi connectivity index (χ0v) is 9.60. The third kappa shape index (κ3) is 3.41. The second-order valence-electron chi connectivity index (χ2n) is 3.55. The Balaban J connectivity index is 2.62. The van der Waals surface area contributed by atoms with E-state index in [9.17, 15) is 4.79 Å². The fraction of sp³-hybridized carbons (Fsp3) is 0.455. The van der Waals surface area contributed by atoms with E-state index in [1.54, 1.807) is 12.3 Å². The van der Waals surface area contributed by atoms with Crippen LogP contribution in [0.15, 0.2) is 17.1 Å². The highest BCUT2D eigenvalue weighted by Crippen LogP contribution is 2.02. The summed E-state index contributed by atoms with van der Waals surface area (Å²) in [6, 6.07) is 1.56. The zero-order chi connectivity index (χ0) is 12.0. The van der Waals surface area contributed by atoms with Crippen LogP contribution in [0.3, 0.4) is 0 Å². The van der Waals surface area contributed by atoms with Crippen molar-refractivity contribution >= 4 is 5.69 Å². The first kappa shape index (κ1) is 12.3. The molecule has 0 aromatic carbocycles. The molecule has 1 rings (SSSR count). The van der Waals surface area contributed by atoms with E-state index >= 15 is 0 Å². The molecule has 1 heterocycles. The standard InChI is InChI=1S/C11H16N4O/c1-4-5-12-6-7-15-11(16)8-10(9-13-15)14(2)3/h1,8-9,12H,5-7H2,2-3H3. The Morgan fingerprint density at radius 3 is 2.94 bits per heavy atom. The van der Waals surface area contributed by atoms with E-state index in [2.05, 4.69) is 16.3 Å². The summed E-state index contributed by atoms with van der Waals surface area (Å²) in [4.78, 5) is 13.5. The Kier molecular flexibility index (Phi) is 4.55. The molecule has 5 heteroatoms. The maximum absolute atomic E-state index is 11.6. The lowest BCUT2D eigenvalue weighted by atomic mass is 10.4. The number of anilines is 1. The van der Waals surface area contributed by atoms with Gasteiger partial charge in [-0.1, -0.05) is 5.92 Å². The van der Waals surface area contributed by atoms with E-state index in [1.807, 2.05) is 19.0 Å². The molecule has 0 aliphatic carbocycles. The molecular formula is C11H16N4O. The molecule has 0 unspecified atom stereocenters. The topological polar surface area (TPSA) is 50.2 Å². The summed E-state index contributed by atoms with van der Waals surface area (Å²) >= 11 is 0. The minimum atomic E-state index is -0.103. The number of hydrogen-bond acceptors (Lipinski definition) is 4. The van der Waals surface area contributed by atoms with Gasteiger partial charge < -0.3 is 10.2 Å². The van der Waals surface area contributed by atoms with E-state index in [-0.39, 0.29) is 5.56 Å². The Bertz CT molecular complexity index is 430. The van der Waals surface area contributed by atoms with Gasteiger partial charge in [-0.15, -0.1) is 6.42 Å². The van der Waals surface area contributed by atoms with Crippen LogP contribution in [-0.4, -0.2) is 37.0 Å². The van der Waals surface area contributed by atoms with Crippen LogP contribution in [0.4, 0.5) is 5.69 Å². The van der Waals surface area contributed by atoms with Crippen molar-refractivity contribution in [1.82, 2.24) is 15.1 Å². The van der Waals surface area contributed by atoms with E-state index in [1.165, 1.54) is 4.68 Å². The number of nitrogens with zero attached hydrogens (tertiary/aromatic N) is 3. The van der Waals surface area contributed by atoms with E-state index in [0.29, 0.717) is 19.6 Å². The monoisotopic (exact) mass is 220 g/mol. The van der Waals surface area contributed by atoms with Crippen LogP contribution < -0.4 is 15.8 Å². The van der Waals surface area contributed by atoms with Gasteiger partial charge in [0.15, 0.2) is 0 Å². The van der Waals surface area contributed by atoms with Crippen molar-refractivity contribution in [3.8, 4) is 12.3 Å². The molecule has 0 aliphatic heterocycles. The first-order chi connectivity index (χ1) is 7.65. The summed E-state index contributed by atoms with van der Waals surface area (Å²) in [6.45, 7) is 1.66. The molecule has 1 aromatic rings. The van der Waals surface area contributed by atoms with Gasteiger partial charge in [0.1, 0.15) is 0 Å². The van der Waals surface area contributed by atoms with Crippen molar-refractivity contribution in [3.05, 3.63) is 22.6 Å². The van der Waals surface area contributed by atoms with Crippen molar-refractivity contribution in [2.75, 3.05) is 32.1 Å². The predicted molar refractivity (Wildman–Crippen MR) is 64.5 cm³/mol. The fourth-order valence-corrected chi connectivity index (χ4v) is 1.18. The van der Waals surface area contributed by atoms with Crippen molar-refractivity contribution in [2.24, 2.45) is 0 Å². The Hall–Kier alpha value is -1.80. The van der Waals surface area contributed by atoms with Crippen molar-refractivity contribution in [2.45, 2.75) is 6.54 Å². The molecule has 1 N–H and O–H groups in total. The smallest absolute Gasteiger partial charge is 0.268 e. The van der Waals surface area contributed by atoms with Crippen LogP contribution in [0.25, 0.3) is 0 Å². The average molecular weight is 220 g/mol. The van der Waals surface area contributed by atoms with E-state index in [4.69, 9.17) is 6.42 Å². The molecule has 0 saturated carbocycles. The maximum Gasteiger partial charge on any atom is 0.268 e. The van der Waals surface area contributed by atoms with Crippen molar-refractivity contribution < 1.29 is 0 Å². The van der Waals surface area contributed by atoms with Gasteiger partial charge in [0.05, 0.1) is 25.0 Å². The van der Waals surface area contributed by atoms with Crippen LogP contribution in [0.2, 0.25) is 0 Å². The van der Waals surface area contributed by atoms with Gasteiger partial charge in [0, 0.05) is 26.7 Å². The van der Waals surface area contributed by atoms with Crippen LogP contribution >= 0.6 is 0 Å². The Labute approximate surface area is 95.1 Å². The highest BCUT2D eigenvalue weighted by atomic mass is 16.1. The Morgan fingerprint density at radius 1 is 1.62 bits per heavy atom. The lowest BCUT2D eigenvalue weighted by Gasteiger charge is -2.12. The number of aromatic nitrogens is 2. The minimum absolute atomic E-state index is 0.103. The molecule has 0 fully saturated rings.